The van der Waals surface area contributed by atoms with E-state index in [-0.39, 0.29) is 6.04 Å². The number of rotatable bonds is 8. The molecule has 0 aliphatic heterocycles. The molecule has 0 saturated carbocycles. The minimum atomic E-state index is 0.147. The first-order valence-electron chi connectivity index (χ1n) is 6.41. The summed E-state index contributed by atoms with van der Waals surface area (Å²) in [5.74, 6) is 0.935. The lowest BCUT2D eigenvalue weighted by molar-refractivity contribution is 0.163. The van der Waals surface area contributed by atoms with Crippen molar-refractivity contribution in [2.24, 2.45) is 5.73 Å². The standard InChI is InChI=1S/C13H24BrN3O/c1-4-6-17(8-7-16(2)3)12(10-15)13-11(14)5-9-18-13/h5,9,12H,4,6-8,10,15H2,1-3H3. The molecule has 0 bridgehead atoms. The molecular formula is C13H24BrN3O. The van der Waals surface area contributed by atoms with Crippen LogP contribution in [0.4, 0.5) is 0 Å². The van der Waals surface area contributed by atoms with E-state index in [2.05, 4.69) is 46.7 Å². The molecule has 1 atom stereocenters. The quantitative estimate of drug-likeness (QED) is 0.799. The highest BCUT2D eigenvalue weighted by molar-refractivity contribution is 9.10. The van der Waals surface area contributed by atoms with Crippen LogP contribution >= 0.6 is 15.9 Å². The predicted octanol–water partition coefficient (Wildman–Crippen LogP) is 2.32. The zero-order valence-electron chi connectivity index (χ0n) is 11.5. The fourth-order valence-corrected chi connectivity index (χ4v) is 2.47. The Morgan fingerprint density at radius 3 is 2.50 bits per heavy atom. The number of nitrogens with zero attached hydrogens (tertiary/aromatic N) is 2. The molecule has 0 aromatic carbocycles. The summed E-state index contributed by atoms with van der Waals surface area (Å²) in [6.07, 6.45) is 2.82. The molecule has 104 valence electrons. The van der Waals surface area contributed by atoms with Crippen molar-refractivity contribution in [3.8, 4) is 0 Å². The highest BCUT2D eigenvalue weighted by atomic mass is 79.9. The molecule has 1 aromatic heterocycles. The van der Waals surface area contributed by atoms with Gasteiger partial charge in [0.2, 0.25) is 0 Å². The maximum Gasteiger partial charge on any atom is 0.136 e. The first-order chi connectivity index (χ1) is 8.60. The van der Waals surface area contributed by atoms with E-state index in [0.717, 1.165) is 36.3 Å². The Labute approximate surface area is 118 Å². The molecule has 0 saturated heterocycles. The van der Waals surface area contributed by atoms with Crippen LogP contribution in [0.1, 0.15) is 25.1 Å². The molecule has 4 nitrogen and oxygen atoms in total. The fourth-order valence-electron chi connectivity index (χ4n) is 2.00. The van der Waals surface area contributed by atoms with Crippen LogP contribution in [-0.2, 0) is 0 Å². The van der Waals surface area contributed by atoms with Crippen molar-refractivity contribution in [3.05, 3.63) is 22.6 Å². The van der Waals surface area contributed by atoms with Gasteiger partial charge in [-0.15, -0.1) is 0 Å². The van der Waals surface area contributed by atoms with E-state index >= 15 is 0 Å². The smallest absolute Gasteiger partial charge is 0.136 e. The number of hydrogen-bond acceptors (Lipinski definition) is 4. The SMILES string of the molecule is CCCN(CCN(C)C)C(CN)c1occc1Br. The Morgan fingerprint density at radius 1 is 1.33 bits per heavy atom. The van der Waals surface area contributed by atoms with Crippen molar-refractivity contribution < 1.29 is 4.42 Å². The minimum absolute atomic E-state index is 0.147. The summed E-state index contributed by atoms with van der Waals surface area (Å²) in [5, 5.41) is 0. The largest absolute Gasteiger partial charge is 0.466 e. The number of likely N-dealkylation sites (N-methyl/N-ethyl adjacent to an activating group) is 1. The van der Waals surface area contributed by atoms with Gasteiger partial charge < -0.3 is 15.1 Å². The molecule has 0 aliphatic rings. The van der Waals surface area contributed by atoms with Crippen LogP contribution in [0, 0.1) is 0 Å². The van der Waals surface area contributed by atoms with Crippen molar-refractivity contribution in [3.63, 3.8) is 0 Å². The molecule has 0 fully saturated rings. The van der Waals surface area contributed by atoms with E-state index < -0.39 is 0 Å². The van der Waals surface area contributed by atoms with Crippen molar-refractivity contribution in [1.82, 2.24) is 9.80 Å². The van der Waals surface area contributed by atoms with Gasteiger partial charge in [-0.1, -0.05) is 6.92 Å². The average molecular weight is 318 g/mol. The van der Waals surface area contributed by atoms with E-state index in [1.54, 1.807) is 6.26 Å². The Hall–Kier alpha value is -0.360. The lowest BCUT2D eigenvalue weighted by Crippen LogP contribution is -2.38. The summed E-state index contributed by atoms with van der Waals surface area (Å²) in [6, 6.07) is 2.07. The first kappa shape index (κ1) is 15.7. The summed E-state index contributed by atoms with van der Waals surface area (Å²) in [5.41, 5.74) is 5.93. The second-order valence-corrected chi connectivity index (χ2v) is 5.58. The van der Waals surface area contributed by atoms with Crippen LogP contribution < -0.4 is 5.73 Å². The van der Waals surface area contributed by atoms with Crippen LogP contribution in [0.2, 0.25) is 0 Å². The molecule has 1 unspecified atom stereocenters. The summed E-state index contributed by atoms with van der Waals surface area (Å²) >= 11 is 3.52. The van der Waals surface area contributed by atoms with Gasteiger partial charge in [-0.2, -0.15) is 0 Å². The van der Waals surface area contributed by atoms with Gasteiger partial charge in [0, 0.05) is 19.6 Å². The molecule has 0 aliphatic carbocycles. The summed E-state index contributed by atoms with van der Waals surface area (Å²) in [7, 11) is 4.18. The summed E-state index contributed by atoms with van der Waals surface area (Å²) in [4.78, 5) is 4.58. The number of nitrogens with two attached hydrogens (primary N) is 1. The van der Waals surface area contributed by atoms with Gasteiger partial charge in [-0.25, -0.2) is 0 Å². The molecule has 0 spiro atoms. The monoisotopic (exact) mass is 317 g/mol. The maximum absolute atomic E-state index is 5.93. The van der Waals surface area contributed by atoms with Crippen molar-refractivity contribution in [1.29, 1.82) is 0 Å². The highest BCUT2D eigenvalue weighted by Crippen LogP contribution is 2.28. The predicted molar refractivity (Wildman–Crippen MR) is 78.6 cm³/mol. The van der Waals surface area contributed by atoms with Gasteiger partial charge in [0.1, 0.15) is 5.76 Å². The first-order valence-corrected chi connectivity index (χ1v) is 7.21. The Morgan fingerprint density at radius 2 is 2.06 bits per heavy atom. The molecule has 18 heavy (non-hydrogen) atoms. The normalized spacial score (nSPS) is 13.5. The fraction of sp³-hybridized carbons (Fsp3) is 0.692. The van der Waals surface area contributed by atoms with Crippen LogP contribution in [0.3, 0.4) is 0 Å². The van der Waals surface area contributed by atoms with E-state index in [4.69, 9.17) is 10.2 Å². The Balaban J connectivity index is 2.77. The second-order valence-electron chi connectivity index (χ2n) is 4.72. The highest BCUT2D eigenvalue weighted by Gasteiger charge is 2.23. The molecule has 5 heteroatoms. The molecular weight excluding hydrogens is 294 g/mol. The van der Waals surface area contributed by atoms with Gasteiger partial charge in [0.25, 0.3) is 0 Å². The van der Waals surface area contributed by atoms with Crippen molar-refractivity contribution in [2.45, 2.75) is 19.4 Å². The average Bonchev–Trinajstić information content (AvgIpc) is 2.73. The molecule has 0 amide bonds. The third-order valence-electron chi connectivity index (χ3n) is 2.96. The van der Waals surface area contributed by atoms with Crippen LogP contribution in [0.15, 0.2) is 21.2 Å². The Bertz CT molecular complexity index is 341. The van der Waals surface area contributed by atoms with Crippen molar-refractivity contribution >= 4 is 15.9 Å². The van der Waals surface area contributed by atoms with Gasteiger partial charge in [-0.05, 0) is 49.1 Å². The minimum Gasteiger partial charge on any atom is -0.466 e. The number of furan rings is 1. The lowest BCUT2D eigenvalue weighted by atomic mass is 10.1. The lowest BCUT2D eigenvalue weighted by Gasteiger charge is -2.30. The van der Waals surface area contributed by atoms with Crippen LogP contribution in [0.5, 0.6) is 0 Å². The van der Waals surface area contributed by atoms with Gasteiger partial charge >= 0.3 is 0 Å². The van der Waals surface area contributed by atoms with E-state index in [0.29, 0.717) is 6.54 Å². The molecule has 2 N–H and O–H groups in total. The topological polar surface area (TPSA) is 45.6 Å². The van der Waals surface area contributed by atoms with Gasteiger partial charge in [-0.3, -0.25) is 4.90 Å². The molecule has 1 aromatic rings. The molecule has 1 rings (SSSR count). The second kappa shape index (κ2) is 7.94. The van der Waals surface area contributed by atoms with Crippen LogP contribution in [-0.4, -0.2) is 50.1 Å². The number of hydrogen-bond donors (Lipinski definition) is 1. The van der Waals surface area contributed by atoms with Gasteiger partial charge in [0.15, 0.2) is 0 Å². The Kier molecular flexibility index (Phi) is 6.92. The third-order valence-corrected chi connectivity index (χ3v) is 3.61. The third kappa shape index (κ3) is 4.39. The zero-order valence-corrected chi connectivity index (χ0v) is 13.1. The zero-order chi connectivity index (χ0) is 13.5. The maximum atomic E-state index is 5.93. The van der Waals surface area contributed by atoms with Crippen molar-refractivity contribution in [2.75, 3.05) is 40.3 Å². The van der Waals surface area contributed by atoms with Crippen LogP contribution in [0.25, 0.3) is 0 Å². The van der Waals surface area contributed by atoms with E-state index in [1.165, 1.54) is 0 Å². The summed E-state index contributed by atoms with van der Waals surface area (Å²) < 4.78 is 6.57. The number of halogens is 1. The van der Waals surface area contributed by atoms with E-state index in [1.807, 2.05) is 6.07 Å². The van der Waals surface area contributed by atoms with E-state index in [9.17, 15) is 0 Å². The molecule has 0 radical (unpaired) electrons. The molecule has 1 heterocycles. The summed E-state index contributed by atoms with van der Waals surface area (Å²) in [6.45, 7) is 5.81. The van der Waals surface area contributed by atoms with Gasteiger partial charge in [0.05, 0.1) is 16.8 Å².